The van der Waals surface area contributed by atoms with Gasteiger partial charge in [0.15, 0.2) is 11.4 Å². The summed E-state index contributed by atoms with van der Waals surface area (Å²) >= 11 is 5.97. The van der Waals surface area contributed by atoms with Crippen molar-refractivity contribution in [2.75, 3.05) is 13.1 Å². The highest BCUT2D eigenvalue weighted by atomic mass is 35.5. The predicted octanol–water partition coefficient (Wildman–Crippen LogP) is 4.42. The summed E-state index contributed by atoms with van der Waals surface area (Å²) < 4.78 is 5.65. The molecule has 144 valence electrons. The molecule has 1 aliphatic heterocycles. The number of benzene rings is 1. The lowest BCUT2D eigenvalue weighted by Crippen LogP contribution is -2.36. The Balaban J connectivity index is 1.92. The molecule has 1 fully saturated rings. The molecule has 7 nitrogen and oxygen atoms in total. The summed E-state index contributed by atoms with van der Waals surface area (Å²) in [5.41, 5.74) is 0.0786. The Kier molecular flexibility index (Phi) is 5.51. The Morgan fingerprint density at radius 1 is 1.22 bits per heavy atom. The minimum absolute atomic E-state index is 0.00126. The number of oxazole rings is 1. The Bertz CT molecular complexity index is 892. The first-order chi connectivity index (χ1) is 12.8. The van der Waals surface area contributed by atoms with Gasteiger partial charge in [-0.25, -0.2) is 9.78 Å². The van der Waals surface area contributed by atoms with Crippen LogP contribution < -0.4 is 0 Å². The normalized spacial score (nSPS) is 15.9. The molecule has 0 bridgehead atoms. The smallest absolute Gasteiger partial charge is 0.434 e. The van der Waals surface area contributed by atoms with Gasteiger partial charge in [-0.05, 0) is 31.4 Å². The average Bonchev–Trinajstić information content (AvgIpc) is 3.04. The van der Waals surface area contributed by atoms with Crippen molar-refractivity contribution in [3.63, 3.8) is 0 Å². The Morgan fingerprint density at radius 2 is 1.93 bits per heavy atom. The van der Waals surface area contributed by atoms with Crippen LogP contribution in [-0.2, 0) is 9.63 Å². The number of likely N-dealkylation sites (tertiary alicyclic amines) is 1. The number of nitrogens with zero attached hydrogens (tertiary/aromatic N) is 3. The second kappa shape index (κ2) is 7.68. The molecule has 3 rings (SSSR count). The van der Waals surface area contributed by atoms with E-state index in [1.807, 2.05) is 0 Å². The SMILES string of the molecule is CC(C)(C)C(=O)/C(=N\OC(=O)N1CCCCC1)c1nc2ccc(Cl)cc2o1. The molecule has 0 saturated carbocycles. The first-order valence-electron chi connectivity index (χ1n) is 8.91. The second-order valence-electron chi connectivity index (χ2n) is 7.55. The zero-order chi connectivity index (χ0) is 19.6. The standard InChI is InChI=1S/C19H22ClN3O4/c1-19(2,3)16(24)15(22-27-18(25)23-9-5-4-6-10-23)17-21-13-8-7-12(20)11-14(13)26-17/h7-8,11H,4-6,9-10H2,1-3H3/b22-15+. The average molecular weight is 392 g/mol. The van der Waals surface area contributed by atoms with Crippen LogP contribution >= 0.6 is 11.6 Å². The second-order valence-corrected chi connectivity index (χ2v) is 7.99. The molecule has 1 aromatic carbocycles. The number of fused-ring (bicyclic) bond motifs is 1. The van der Waals surface area contributed by atoms with Crippen LogP contribution in [0.4, 0.5) is 4.79 Å². The molecule has 0 spiro atoms. The van der Waals surface area contributed by atoms with Crippen molar-refractivity contribution in [3.05, 3.63) is 29.1 Å². The zero-order valence-electron chi connectivity index (χ0n) is 15.6. The summed E-state index contributed by atoms with van der Waals surface area (Å²) in [5, 5.41) is 4.33. The fraction of sp³-hybridized carbons (Fsp3) is 0.474. The first kappa shape index (κ1) is 19.4. The van der Waals surface area contributed by atoms with Gasteiger partial charge in [0, 0.05) is 29.6 Å². The van der Waals surface area contributed by atoms with E-state index in [0.29, 0.717) is 29.2 Å². The van der Waals surface area contributed by atoms with Crippen molar-refractivity contribution >= 4 is 40.3 Å². The van der Waals surface area contributed by atoms with E-state index in [0.717, 1.165) is 19.3 Å². The molecule has 1 saturated heterocycles. The van der Waals surface area contributed by atoms with Crippen LogP contribution in [0.5, 0.6) is 0 Å². The summed E-state index contributed by atoms with van der Waals surface area (Å²) in [6, 6.07) is 4.96. The molecule has 1 amide bonds. The number of hydrogen-bond acceptors (Lipinski definition) is 6. The molecule has 0 unspecified atom stereocenters. The molecule has 0 aliphatic carbocycles. The number of Topliss-reactive ketones (excluding diaryl/α,β-unsaturated/α-hetero) is 1. The van der Waals surface area contributed by atoms with Gasteiger partial charge in [0.2, 0.25) is 5.71 Å². The van der Waals surface area contributed by atoms with Crippen LogP contribution in [0.2, 0.25) is 5.02 Å². The molecule has 0 N–H and O–H groups in total. The number of halogens is 1. The maximum Gasteiger partial charge on any atom is 0.435 e. The monoisotopic (exact) mass is 391 g/mol. The number of hydrogen-bond donors (Lipinski definition) is 0. The van der Waals surface area contributed by atoms with E-state index < -0.39 is 11.5 Å². The predicted molar refractivity (Wildman–Crippen MR) is 102 cm³/mol. The van der Waals surface area contributed by atoms with Crippen LogP contribution in [0.25, 0.3) is 11.1 Å². The third kappa shape index (κ3) is 4.47. The van der Waals surface area contributed by atoms with Crippen LogP contribution in [0.15, 0.2) is 27.8 Å². The van der Waals surface area contributed by atoms with E-state index in [4.69, 9.17) is 20.9 Å². The fourth-order valence-corrected chi connectivity index (χ4v) is 2.91. The van der Waals surface area contributed by atoms with Crippen molar-refractivity contribution in [1.29, 1.82) is 0 Å². The van der Waals surface area contributed by atoms with Gasteiger partial charge < -0.3 is 9.32 Å². The van der Waals surface area contributed by atoms with Gasteiger partial charge in [0.25, 0.3) is 5.89 Å². The topological polar surface area (TPSA) is 85.0 Å². The number of carbonyl (C=O) groups excluding carboxylic acids is 2. The van der Waals surface area contributed by atoms with Gasteiger partial charge in [-0.15, -0.1) is 0 Å². The maximum absolute atomic E-state index is 12.8. The number of amides is 1. The third-order valence-electron chi connectivity index (χ3n) is 4.28. The molecule has 2 aromatic rings. The maximum atomic E-state index is 12.8. The van der Waals surface area contributed by atoms with E-state index in [9.17, 15) is 9.59 Å². The minimum atomic E-state index is -0.755. The number of oxime groups is 1. The molecule has 1 aliphatic rings. The largest absolute Gasteiger partial charge is 0.435 e. The molecule has 0 atom stereocenters. The lowest BCUT2D eigenvalue weighted by Gasteiger charge is -2.24. The van der Waals surface area contributed by atoms with Crippen LogP contribution in [0, 0.1) is 5.41 Å². The molecule has 2 heterocycles. The lowest BCUT2D eigenvalue weighted by atomic mass is 9.88. The van der Waals surface area contributed by atoms with Crippen LogP contribution in [0.3, 0.4) is 0 Å². The van der Waals surface area contributed by atoms with Crippen molar-refractivity contribution in [2.45, 2.75) is 40.0 Å². The van der Waals surface area contributed by atoms with Crippen LogP contribution in [0.1, 0.15) is 45.9 Å². The van der Waals surface area contributed by atoms with Gasteiger partial charge in [-0.2, -0.15) is 0 Å². The zero-order valence-corrected chi connectivity index (χ0v) is 16.4. The van der Waals surface area contributed by atoms with Crippen molar-refractivity contribution in [3.8, 4) is 0 Å². The van der Waals surface area contributed by atoms with Crippen LogP contribution in [-0.4, -0.2) is 40.6 Å². The number of carbonyl (C=O) groups is 2. The summed E-state index contributed by atoms with van der Waals surface area (Å²) in [7, 11) is 0. The Morgan fingerprint density at radius 3 is 2.59 bits per heavy atom. The molecule has 1 aromatic heterocycles. The van der Waals surface area contributed by atoms with Gasteiger partial charge in [-0.1, -0.05) is 37.5 Å². The number of aromatic nitrogens is 1. The Hall–Kier alpha value is -2.41. The van der Waals surface area contributed by atoms with E-state index in [-0.39, 0.29) is 17.4 Å². The van der Waals surface area contributed by atoms with Crippen molar-refractivity contribution in [2.24, 2.45) is 10.6 Å². The highest BCUT2D eigenvalue weighted by Crippen LogP contribution is 2.24. The number of rotatable bonds is 3. The van der Waals surface area contributed by atoms with Crippen molar-refractivity contribution in [1.82, 2.24) is 9.88 Å². The van der Waals surface area contributed by atoms with E-state index >= 15 is 0 Å². The number of ketones is 1. The van der Waals surface area contributed by atoms with Crippen molar-refractivity contribution < 1.29 is 18.8 Å². The highest BCUT2D eigenvalue weighted by molar-refractivity contribution is 6.46. The van der Waals surface area contributed by atoms with Gasteiger partial charge in [-0.3, -0.25) is 9.63 Å². The molecular formula is C19H22ClN3O4. The summed E-state index contributed by atoms with van der Waals surface area (Å²) in [4.78, 5) is 36.0. The van der Waals surface area contributed by atoms with E-state index in [1.165, 1.54) is 0 Å². The number of piperidine rings is 1. The van der Waals surface area contributed by atoms with Gasteiger partial charge in [0.05, 0.1) is 0 Å². The molecule has 0 radical (unpaired) electrons. The van der Waals surface area contributed by atoms with Gasteiger partial charge >= 0.3 is 6.09 Å². The van der Waals surface area contributed by atoms with E-state index in [1.54, 1.807) is 43.9 Å². The molecule has 8 heteroatoms. The Labute approximate surface area is 162 Å². The lowest BCUT2D eigenvalue weighted by molar-refractivity contribution is -0.119. The molecular weight excluding hydrogens is 370 g/mol. The fourth-order valence-electron chi connectivity index (χ4n) is 2.75. The highest BCUT2D eigenvalue weighted by Gasteiger charge is 2.32. The first-order valence-corrected chi connectivity index (χ1v) is 9.29. The summed E-state index contributed by atoms with van der Waals surface area (Å²) in [6.07, 6.45) is 2.37. The summed E-state index contributed by atoms with van der Waals surface area (Å²) in [5.74, 6) is -0.342. The quantitative estimate of drug-likeness (QED) is 0.439. The minimum Gasteiger partial charge on any atom is -0.434 e. The van der Waals surface area contributed by atoms with Gasteiger partial charge in [0.1, 0.15) is 5.52 Å². The molecule has 27 heavy (non-hydrogen) atoms. The third-order valence-corrected chi connectivity index (χ3v) is 4.51. The van der Waals surface area contributed by atoms with E-state index in [2.05, 4.69) is 10.1 Å². The summed E-state index contributed by atoms with van der Waals surface area (Å²) in [6.45, 7) is 6.49.